The Hall–Kier alpha value is -2.39. The average Bonchev–Trinajstić information content (AvgIpc) is 2.75. The van der Waals surface area contributed by atoms with E-state index in [0.29, 0.717) is 14.9 Å². The number of rotatable bonds is 11. The van der Waals surface area contributed by atoms with Crippen molar-refractivity contribution in [1.82, 2.24) is 9.62 Å². The second-order valence-corrected chi connectivity index (χ2v) is 9.41. The molecule has 1 atom stereocenters. The highest BCUT2D eigenvalue weighted by Crippen LogP contribution is 2.31. The Labute approximate surface area is 197 Å². The van der Waals surface area contributed by atoms with E-state index in [1.54, 1.807) is 24.3 Å². The maximum absolute atomic E-state index is 13.9. The number of ether oxygens (including phenoxy) is 1. The summed E-state index contributed by atoms with van der Waals surface area (Å²) in [5.74, 6) is -1.60. The summed E-state index contributed by atoms with van der Waals surface area (Å²) in [6.07, 6.45) is 1.29. The molecule has 0 heterocycles. The Kier molecular flexibility index (Phi) is 9.27. The summed E-state index contributed by atoms with van der Waals surface area (Å²) in [5, 5.41) is 3.23. The smallest absolute Gasteiger partial charge is 0.247 e. The Morgan fingerprint density at radius 1 is 1.28 bits per heavy atom. The van der Waals surface area contributed by atoms with Crippen molar-refractivity contribution in [3.8, 4) is 5.75 Å². The lowest BCUT2D eigenvalue weighted by molar-refractivity contribution is -0.124. The molecule has 2 rings (SSSR count). The van der Waals surface area contributed by atoms with Crippen LogP contribution in [0.1, 0.15) is 12.0 Å². The summed E-state index contributed by atoms with van der Waals surface area (Å²) < 4.78 is 46.7. The molecule has 172 valence electrons. The van der Waals surface area contributed by atoms with Crippen LogP contribution in [0.25, 0.3) is 0 Å². The fraction of sp³-hybridized carbons (Fsp3) is 0.227. The van der Waals surface area contributed by atoms with Crippen molar-refractivity contribution in [2.24, 2.45) is 0 Å². The summed E-state index contributed by atoms with van der Waals surface area (Å²) >= 11 is 12.1. The van der Waals surface area contributed by atoms with Crippen LogP contribution in [0.4, 0.5) is 4.39 Å². The number of hydrogen-bond donors (Lipinski definition) is 1. The first-order valence-electron chi connectivity index (χ1n) is 9.42. The topological polar surface area (TPSA) is 75.7 Å². The molecule has 0 aromatic heterocycles. The molecule has 0 radical (unpaired) electrons. The van der Waals surface area contributed by atoms with Gasteiger partial charge in [-0.25, -0.2) is 12.8 Å². The molecule has 0 aliphatic heterocycles. The van der Waals surface area contributed by atoms with E-state index in [2.05, 4.69) is 18.5 Å². The molecule has 0 spiro atoms. The lowest BCUT2D eigenvalue weighted by Gasteiger charge is -2.29. The van der Waals surface area contributed by atoms with Crippen LogP contribution in [0.2, 0.25) is 10.0 Å². The minimum absolute atomic E-state index is 0.00213. The first-order chi connectivity index (χ1) is 15.1. The molecular formula is C22H23Cl2FN2O4S. The number of methoxy groups -OCH3 is 1. The van der Waals surface area contributed by atoms with Gasteiger partial charge in [-0.05, 0) is 36.2 Å². The van der Waals surface area contributed by atoms with Gasteiger partial charge in [0.25, 0.3) is 0 Å². The lowest BCUT2D eigenvalue weighted by atomic mass is 10.1. The number of halogens is 3. The molecule has 1 N–H and O–H groups in total. The van der Waals surface area contributed by atoms with Crippen LogP contribution in [0.5, 0.6) is 5.75 Å². The molecule has 6 nitrogen and oxygen atoms in total. The Morgan fingerprint density at radius 2 is 1.97 bits per heavy atom. The summed E-state index contributed by atoms with van der Waals surface area (Å²) in [4.78, 5) is 12.7. The van der Waals surface area contributed by atoms with Gasteiger partial charge < -0.3 is 10.1 Å². The zero-order valence-corrected chi connectivity index (χ0v) is 19.7. The fourth-order valence-electron chi connectivity index (χ4n) is 2.97. The SMILES string of the molecule is C=CCC(C(=O)NCc1ccccc1Cl)N(CC(=C)F)S(=O)(=O)c1cc(Cl)ccc1OC. The maximum atomic E-state index is 13.9. The summed E-state index contributed by atoms with van der Waals surface area (Å²) in [7, 11) is -3.14. The van der Waals surface area contributed by atoms with E-state index in [1.165, 1.54) is 31.4 Å². The lowest BCUT2D eigenvalue weighted by Crippen LogP contribution is -2.49. The highest BCUT2D eigenvalue weighted by atomic mass is 35.5. The van der Waals surface area contributed by atoms with Crippen LogP contribution in [-0.2, 0) is 21.4 Å². The molecule has 0 saturated carbocycles. The van der Waals surface area contributed by atoms with Gasteiger partial charge in [0.15, 0.2) is 0 Å². The molecule has 0 saturated heterocycles. The minimum atomic E-state index is -4.43. The number of sulfonamides is 1. The van der Waals surface area contributed by atoms with Crippen molar-refractivity contribution >= 4 is 39.1 Å². The third kappa shape index (κ3) is 6.32. The van der Waals surface area contributed by atoms with Gasteiger partial charge >= 0.3 is 0 Å². The van der Waals surface area contributed by atoms with E-state index in [9.17, 15) is 17.6 Å². The van der Waals surface area contributed by atoms with Crippen molar-refractivity contribution in [2.75, 3.05) is 13.7 Å². The molecule has 0 aliphatic carbocycles. The molecule has 0 bridgehead atoms. The molecule has 2 aromatic rings. The van der Waals surface area contributed by atoms with Crippen LogP contribution < -0.4 is 10.1 Å². The first kappa shape index (κ1) is 25.9. The van der Waals surface area contributed by atoms with Gasteiger partial charge in [0.1, 0.15) is 22.5 Å². The molecule has 0 aliphatic rings. The van der Waals surface area contributed by atoms with E-state index < -0.39 is 34.3 Å². The second-order valence-electron chi connectivity index (χ2n) is 6.71. The van der Waals surface area contributed by atoms with Crippen molar-refractivity contribution in [3.05, 3.63) is 83.1 Å². The van der Waals surface area contributed by atoms with E-state index >= 15 is 0 Å². The van der Waals surface area contributed by atoms with Gasteiger partial charge in [-0.3, -0.25) is 4.79 Å². The van der Waals surface area contributed by atoms with Gasteiger partial charge in [-0.15, -0.1) is 6.58 Å². The zero-order valence-electron chi connectivity index (χ0n) is 17.4. The van der Waals surface area contributed by atoms with Gasteiger partial charge in [0.2, 0.25) is 15.9 Å². The molecule has 1 amide bonds. The maximum Gasteiger partial charge on any atom is 0.247 e. The predicted molar refractivity (Wildman–Crippen MR) is 124 cm³/mol. The van der Waals surface area contributed by atoms with Crippen LogP contribution in [0.15, 0.2) is 72.4 Å². The monoisotopic (exact) mass is 500 g/mol. The van der Waals surface area contributed by atoms with Crippen LogP contribution in [-0.4, -0.2) is 38.3 Å². The molecule has 0 fully saturated rings. The Morgan fingerprint density at radius 3 is 2.56 bits per heavy atom. The van der Waals surface area contributed by atoms with Gasteiger partial charge in [-0.1, -0.05) is 54.1 Å². The minimum Gasteiger partial charge on any atom is -0.495 e. The zero-order chi connectivity index (χ0) is 23.9. The van der Waals surface area contributed by atoms with E-state index in [0.717, 1.165) is 0 Å². The summed E-state index contributed by atoms with van der Waals surface area (Å²) in [5.41, 5.74) is 0.640. The second kappa shape index (κ2) is 11.5. The number of nitrogens with zero attached hydrogens (tertiary/aromatic N) is 1. The molecule has 2 aromatic carbocycles. The quantitative estimate of drug-likeness (QED) is 0.452. The van der Waals surface area contributed by atoms with Crippen molar-refractivity contribution in [3.63, 3.8) is 0 Å². The third-order valence-electron chi connectivity index (χ3n) is 4.49. The Bertz CT molecular complexity index is 1110. The van der Waals surface area contributed by atoms with E-state index in [4.69, 9.17) is 27.9 Å². The summed E-state index contributed by atoms with van der Waals surface area (Å²) in [6.45, 7) is 6.07. The highest BCUT2D eigenvalue weighted by molar-refractivity contribution is 7.89. The largest absolute Gasteiger partial charge is 0.495 e. The van der Waals surface area contributed by atoms with Crippen LogP contribution >= 0.6 is 23.2 Å². The molecule has 1 unspecified atom stereocenters. The Balaban J connectivity index is 2.45. The van der Waals surface area contributed by atoms with Crippen LogP contribution in [0.3, 0.4) is 0 Å². The summed E-state index contributed by atoms with van der Waals surface area (Å²) in [6, 6.07) is 9.58. The van der Waals surface area contributed by atoms with Gasteiger partial charge in [0.05, 0.1) is 13.7 Å². The number of amides is 1. The normalized spacial score (nSPS) is 12.3. The first-order valence-corrected chi connectivity index (χ1v) is 11.6. The highest BCUT2D eigenvalue weighted by Gasteiger charge is 2.37. The molecular weight excluding hydrogens is 478 g/mol. The van der Waals surface area contributed by atoms with E-state index in [-0.39, 0.29) is 28.6 Å². The van der Waals surface area contributed by atoms with Gasteiger partial charge in [0, 0.05) is 16.6 Å². The predicted octanol–water partition coefficient (Wildman–Crippen LogP) is 4.74. The molecule has 10 heteroatoms. The third-order valence-corrected chi connectivity index (χ3v) is 6.97. The molecule has 32 heavy (non-hydrogen) atoms. The fourth-order valence-corrected chi connectivity index (χ4v) is 5.17. The van der Waals surface area contributed by atoms with Crippen molar-refractivity contribution < 1.29 is 22.3 Å². The van der Waals surface area contributed by atoms with Crippen molar-refractivity contribution in [1.29, 1.82) is 0 Å². The van der Waals surface area contributed by atoms with Crippen LogP contribution in [0, 0.1) is 0 Å². The number of hydrogen-bond acceptors (Lipinski definition) is 4. The van der Waals surface area contributed by atoms with Gasteiger partial charge in [-0.2, -0.15) is 4.31 Å². The average molecular weight is 501 g/mol. The number of benzene rings is 2. The van der Waals surface area contributed by atoms with E-state index in [1.807, 2.05) is 0 Å². The number of carbonyl (C=O) groups is 1. The number of carbonyl (C=O) groups excluding carboxylic acids is 1. The standard InChI is InChI=1S/C22H23Cl2FN2O4S/c1-4-7-19(22(28)26-13-16-8-5-6-9-18(16)24)27(14-15(2)25)32(29,30)21-12-17(23)10-11-20(21)31-3/h4-6,8-12,19H,1-2,7,13-14H2,3H3,(H,26,28). The number of nitrogens with one attached hydrogen (secondary N) is 1. The van der Waals surface area contributed by atoms with Crippen molar-refractivity contribution in [2.45, 2.75) is 23.9 Å².